The van der Waals surface area contributed by atoms with Crippen LogP contribution in [0.25, 0.3) is 0 Å². The van der Waals surface area contributed by atoms with Crippen LogP contribution in [0.3, 0.4) is 0 Å². The summed E-state index contributed by atoms with van der Waals surface area (Å²) >= 11 is 0. The highest BCUT2D eigenvalue weighted by Gasteiger charge is 2.22. The first-order valence-electron chi connectivity index (χ1n) is 6.37. The Morgan fingerprint density at radius 1 is 1.56 bits per heavy atom. The van der Waals surface area contributed by atoms with Gasteiger partial charge in [0.2, 0.25) is 5.91 Å². The van der Waals surface area contributed by atoms with Gasteiger partial charge in [0.15, 0.2) is 0 Å². The summed E-state index contributed by atoms with van der Waals surface area (Å²) in [6.07, 6.45) is 4.61. The fourth-order valence-corrected chi connectivity index (χ4v) is 2.02. The van der Waals surface area contributed by atoms with Gasteiger partial charge in [0.1, 0.15) is 0 Å². The first-order valence-corrected chi connectivity index (χ1v) is 6.37. The second kappa shape index (κ2) is 5.97. The second-order valence-corrected chi connectivity index (χ2v) is 4.83. The van der Waals surface area contributed by atoms with Crippen molar-refractivity contribution in [1.82, 2.24) is 25.7 Å². The molecule has 1 aliphatic rings. The number of carbonyl (C=O) groups excluding carboxylic acids is 1. The van der Waals surface area contributed by atoms with Crippen LogP contribution in [-0.2, 0) is 18.3 Å². The molecular weight excluding hydrogens is 230 g/mol. The smallest absolute Gasteiger partial charge is 0.238 e. The third-order valence-corrected chi connectivity index (χ3v) is 3.13. The van der Waals surface area contributed by atoms with Gasteiger partial charge in [-0.25, -0.2) is 0 Å². The lowest BCUT2D eigenvalue weighted by Gasteiger charge is -2.28. The van der Waals surface area contributed by atoms with Crippen molar-refractivity contribution < 1.29 is 4.79 Å². The van der Waals surface area contributed by atoms with Gasteiger partial charge >= 0.3 is 0 Å². The third-order valence-electron chi connectivity index (χ3n) is 3.13. The molecule has 6 heteroatoms. The molecule has 0 spiro atoms. The molecule has 1 aromatic heterocycles. The largest absolute Gasteiger partial charge is 0.354 e. The predicted molar refractivity (Wildman–Crippen MR) is 69.2 cm³/mol. The van der Waals surface area contributed by atoms with Gasteiger partial charge in [-0.05, 0) is 18.9 Å². The second-order valence-electron chi connectivity index (χ2n) is 4.83. The van der Waals surface area contributed by atoms with Crippen LogP contribution in [0.1, 0.15) is 12.5 Å². The fraction of sp³-hybridized carbons (Fsp3) is 0.667. The van der Waals surface area contributed by atoms with Crippen LogP contribution < -0.4 is 16.0 Å². The van der Waals surface area contributed by atoms with Crippen molar-refractivity contribution in [2.24, 2.45) is 7.05 Å². The van der Waals surface area contributed by atoms with Crippen molar-refractivity contribution in [3.8, 4) is 0 Å². The van der Waals surface area contributed by atoms with Gasteiger partial charge in [0.05, 0.1) is 12.2 Å². The van der Waals surface area contributed by atoms with Gasteiger partial charge in [-0.1, -0.05) is 0 Å². The van der Waals surface area contributed by atoms with E-state index in [0.29, 0.717) is 19.1 Å². The van der Waals surface area contributed by atoms with Crippen molar-refractivity contribution in [2.75, 3.05) is 19.6 Å². The van der Waals surface area contributed by atoms with Crippen LogP contribution in [0.2, 0.25) is 0 Å². The summed E-state index contributed by atoms with van der Waals surface area (Å²) in [4.78, 5) is 11.9. The average Bonchev–Trinajstić information content (AvgIpc) is 2.76. The summed E-state index contributed by atoms with van der Waals surface area (Å²) in [6.45, 7) is 4.28. The zero-order valence-corrected chi connectivity index (χ0v) is 10.9. The number of aromatic nitrogens is 2. The van der Waals surface area contributed by atoms with E-state index in [1.165, 1.54) is 0 Å². The molecule has 0 radical (unpaired) electrons. The minimum atomic E-state index is -0.116. The van der Waals surface area contributed by atoms with E-state index in [0.717, 1.165) is 18.5 Å². The lowest BCUT2D eigenvalue weighted by Crippen LogP contribution is -2.59. The van der Waals surface area contributed by atoms with Crippen LogP contribution in [0.5, 0.6) is 0 Å². The maximum Gasteiger partial charge on any atom is 0.238 e. The molecule has 2 atom stereocenters. The molecule has 3 N–H and O–H groups in total. The van der Waals surface area contributed by atoms with Crippen molar-refractivity contribution in [1.29, 1.82) is 0 Å². The maximum atomic E-state index is 11.9. The van der Waals surface area contributed by atoms with Crippen LogP contribution in [0.15, 0.2) is 12.4 Å². The number of hydrogen-bond acceptors (Lipinski definition) is 4. The Labute approximate surface area is 107 Å². The summed E-state index contributed by atoms with van der Waals surface area (Å²) in [7, 11) is 1.89. The summed E-state index contributed by atoms with van der Waals surface area (Å²) in [5, 5.41) is 13.6. The van der Waals surface area contributed by atoms with Gasteiger partial charge in [-0.2, -0.15) is 5.10 Å². The van der Waals surface area contributed by atoms with Gasteiger partial charge < -0.3 is 16.0 Å². The van der Waals surface area contributed by atoms with Crippen molar-refractivity contribution in [2.45, 2.75) is 25.4 Å². The lowest BCUT2D eigenvalue weighted by atomic mass is 10.1. The van der Waals surface area contributed by atoms with E-state index in [2.05, 4.69) is 28.0 Å². The molecule has 1 amide bonds. The predicted octanol–water partition coefficient (Wildman–Crippen LogP) is -0.971. The third kappa shape index (κ3) is 3.54. The van der Waals surface area contributed by atoms with Gasteiger partial charge in [-0.15, -0.1) is 0 Å². The Balaban J connectivity index is 1.68. The molecule has 6 nitrogen and oxygen atoms in total. The monoisotopic (exact) mass is 251 g/mol. The molecule has 1 fully saturated rings. The summed E-state index contributed by atoms with van der Waals surface area (Å²) in [6, 6.07) is 0.319. The maximum absolute atomic E-state index is 11.9. The number of nitrogens with one attached hydrogen (secondary N) is 3. The van der Waals surface area contributed by atoms with Crippen molar-refractivity contribution in [3.63, 3.8) is 0 Å². The lowest BCUT2D eigenvalue weighted by molar-refractivity contribution is -0.123. The number of carbonyl (C=O) groups is 1. The number of rotatable bonds is 4. The van der Waals surface area contributed by atoms with Crippen molar-refractivity contribution in [3.05, 3.63) is 18.0 Å². The molecule has 0 bridgehead atoms. The van der Waals surface area contributed by atoms with E-state index in [9.17, 15) is 4.79 Å². The first kappa shape index (κ1) is 13.0. The molecule has 2 heterocycles. The normalized spacial score (nSPS) is 23.9. The molecule has 18 heavy (non-hydrogen) atoms. The Morgan fingerprint density at radius 3 is 3.00 bits per heavy atom. The minimum absolute atomic E-state index is 0.0679. The van der Waals surface area contributed by atoms with Crippen LogP contribution in [0, 0.1) is 0 Å². The quantitative estimate of drug-likeness (QED) is 0.644. The Kier molecular flexibility index (Phi) is 4.33. The number of nitrogens with zero attached hydrogens (tertiary/aromatic N) is 2. The highest BCUT2D eigenvalue weighted by Crippen LogP contribution is 1.97. The fourth-order valence-electron chi connectivity index (χ4n) is 2.02. The van der Waals surface area contributed by atoms with Crippen LogP contribution >= 0.6 is 0 Å². The van der Waals surface area contributed by atoms with E-state index >= 15 is 0 Å². The molecule has 2 rings (SSSR count). The highest BCUT2D eigenvalue weighted by atomic mass is 16.2. The molecule has 100 valence electrons. The van der Waals surface area contributed by atoms with Crippen LogP contribution in [0.4, 0.5) is 0 Å². The Hall–Kier alpha value is -1.40. The zero-order valence-electron chi connectivity index (χ0n) is 10.9. The average molecular weight is 251 g/mol. The molecule has 1 saturated heterocycles. The molecule has 2 unspecified atom stereocenters. The zero-order chi connectivity index (χ0) is 13.0. The Morgan fingerprint density at radius 2 is 2.39 bits per heavy atom. The minimum Gasteiger partial charge on any atom is -0.354 e. The number of hydrogen-bond donors (Lipinski definition) is 3. The SMILES string of the molecule is CC1CNC(C(=O)NCCc2cnn(C)c2)CN1. The van der Waals surface area contributed by atoms with Gasteiger partial charge in [0.25, 0.3) is 0 Å². The van der Waals surface area contributed by atoms with E-state index in [1.807, 2.05) is 19.4 Å². The van der Waals surface area contributed by atoms with Crippen LogP contribution in [-0.4, -0.2) is 47.4 Å². The topological polar surface area (TPSA) is 71.0 Å². The van der Waals surface area contributed by atoms with Gasteiger partial charge in [-0.3, -0.25) is 9.48 Å². The molecule has 0 aliphatic carbocycles. The molecule has 0 aromatic carbocycles. The molecule has 1 aliphatic heterocycles. The van der Waals surface area contributed by atoms with E-state index in [1.54, 1.807) is 4.68 Å². The standard InChI is InChI=1S/C12H21N5O/c1-9-5-15-11(7-14-9)12(18)13-4-3-10-6-16-17(2)8-10/h6,8-9,11,14-15H,3-5,7H2,1-2H3,(H,13,18). The Bertz CT molecular complexity index is 395. The first-order chi connectivity index (χ1) is 8.65. The summed E-state index contributed by atoms with van der Waals surface area (Å²) < 4.78 is 1.77. The summed E-state index contributed by atoms with van der Waals surface area (Å²) in [5.41, 5.74) is 1.14. The van der Waals surface area contributed by atoms with Gasteiger partial charge in [0, 0.05) is 38.9 Å². The number of aryl methyl sites for hydroxylation is 1. The van der Waals surface area contributed by atoms with E-state index < -0.39 is 0 Å². The van der Waals surface area contributed by atoms with E-state index in [4.69, 9.17) is 0 Å². The number of amides is 1. The number of piperazine rings is 1. The highest BCUT2D eigenvalue weighted by molar-refractivity contribution is 5.82. The molecule has 1 aromatic rings. The molecular formula is C12H21N5O. The van der Waals surface area contributed by atoms with E-state index in [-0.39, 0.29) is 11.9 Å². The summed E-state index contributed by atoms with van der Waals surface area (Å²) in [5.74, 6) is 0.0679. The molecule has 0 saturated carbocycles. The van der Waals surface area contributed by atoms with Crippen molar-refractivity contribution >= 4 is 5.91 Å².